The van der Waals surface area contributed by atoms with E-state index in [1.165, 1.54) is 12.0 Å². The fourth-order valence-corrected chi connectivity index (χ4v) is 3.99. The Bertz CT molecular complexity index is 755. The summed E-state index contributed by atoms with van der Waals surface area (Å²) in [6, 6.07) is 13.6. The van der Waals surface area contributed by atoms with Gasteiger partial charge in [0.05, 0.1) is 18.9 Å². The second-order valence-electron chi connectivity index (χ2n) is 7.18. The van der Waals surface area contributed by atoms with Gasteiger partial charge in [-0.05, 0) is 54.7 Å². The van der Waals surface area contributed by atoms with Crippen molar-refractivity contribution in [3.8, 4) is 0 Å². The number of hydrogen-bond acceptors (Lipinski definition) is 3. The van der Waals surface area contributed by atoms with Gasteiger partial charge in [-0.2, -0.15) is 0 Å². The van der Waals surface area contributed by atoms with E-state index in [4.69, 9.17) is 16.3 Å². The normalized spacial score (nSPS) is 19.2. The van der Waals surface area contributed by atoms with Gasteiger partial charge in [0.2, 0.25) is 0 Å². The number of anilines is 1. The maximum atomic E-state index is 14.6. The maximum Gasteiger partial charge on any atom is 0.146 e. The van der Waals surface area contributed by atoms with E-state index < -0.39 is 0 Å². The highest BCUT2D eigenvalue weighted by molar-refractivity contribution is 6.30. The van der Waals surface area contributed by atoms with Gasteiger partial charge in [0, 0.05) is 30.2 Å². The molecular formula is C21H24ClFN2O. The van der Waals surface area contributed by atoms with Crippen LogP contribution in [0.2, 0.25) is 5.02 Å². The lowest BCUT2D eigenvalue weighted by Gasteiger charge is -2.43. The Morgan fingerprint density at radius 2 is 1.81 bits per heavy atom. The summed E-state index contributed by atoms with van der Waals surface area (Å²) in [6.45, 7) is 3.46. The second-order valence-corrected chi connectivity index (χ2v) is 7.62. The number of morpholine rings is 1. The lowest BCUT2D eigenvalue weighted by atomic mass is 9.71. The second kappa shape index (κ2) is 7.55. The van der Waals surface area contributed by atoms with Crippen molar-refractivity contribution >= 4 is 17.3 Å². The van der Waals surface area contributed by atoms with Crippen LogP contribution in [0, 0.1) is 5.82 Å². The van der Waals surface area contributed by atoms with E-state index in [0.29, 0.717) is 25.4 Å². The van der Waals surface area contributed by atoms with Crippen LogP contribution in [0.3, 0.4) is 0 Å². The highest BCUT2D eigenvalue weighted by atomic mass is 35.5. The Kier molecular flexibility index (Phi) is 5.16. The topological polar surface area (TPSA) is 24.5 Å². The third kappa shape index (κ3) is 3.59. The standard InChI is InChI=1S/C21H24ClFN2O/c22-18-5-3-17(4-6-18)21(8-1-9-21)24-15-16-2-7-20(19(23)14-16)25-10-12-26-13-11-25/h2-7,14,24H,1,8-13,15H2. The van der Waals surface area contributed by atoms with Gasteiger partial charge >= 0.3 is 0 Å². The molecule has 1 heterocycles. The lowest BCUT2D eigenvalue weighted by Crippen LogP contribution is -2.47. The molecule has 138 valence electrons. The minimum atomic E-state index is -0.152. The summed E-state index contributed by atoms with van der Waals surface area (Å²) < 4.78 is 19.9. The molecule has 2 aliphatic rings. The number of nitrogens with zero attached hydrogens (tertiary/aromatic N) is 1. The molecule has 2 aromatic rings. The quantitative estimate of drug-likeness (QED) is 0.834. The first kappa shape index (κ1) is 17.8. The van der Waals surface area contributed by atoms with Gasteiger partial charge in [-0.15, -0.1) is 0 Å². The van der Waals surface area contributed by atoms with Crippen LogP contribution in [0.5, 0.6) is 0 Å². The van der Waals surface area contributed by atoms with Crippen LogP contribution in [-0.4, -0.2) is 26.3 Å². The van der Waals surface area contributed by atoms with E-state index in [0.717, 1.165) is 36.5 Å². The third-order valence-corrected chi connectivity index (χ3v) is 5.85. The highest BCUT2D eigenvalue weighted by Gasteiger charge is 2.38. The fraction of sp³-hybridized carbons (Fsp3) is 0.429. The summed E-state index contributed by atoms with van der Waals surface area (Å²) in [4.78, 5) is 2.05. The molecule has 3 nitrogen and oxygen atoms in total. The minimum absolute atomic E-state index is 0.00998. The Morgan fingerprint density at radius 3 is 2.42 bits per heavy atom. The molecule has 0 amide bonds. The van der Waals surface area contributed by atoms with Gasteiger partial charge in [-0.3, -0.25) is 0 Å². The molecule has 5 heteroatoms. The summed E-state index contributed by atoms with van der Waals surface area (Å²) >= 11 is 6.02. The zero-order chi connectivity index (χ0) is 18.0. The molecule has 4 rings (SSSR count). The zero-order valence-corrected chi connectivity index (χ0v) is 15.6. The summed E-state index contributed by atoms with van der Waals surface area (Å²) in [5.74, 6) is -0.152. The molecule has 1 saturated carbocycles. The van der Waals surface area contributed by atoms with Crippen LogP contribution in [0.4, 0.5) is 10.1 Å². The first-order valence-corrected chi connectivity index (χ1v) is 9.66. The van der Waals surface area contributed by atoms with Crippen LogP contribution < -0.4 is 10.2 Å². The Hall–Kier alpha value is -1.62. The molecule has 1 saturated heterocycles. The van der Waals surface area contributed by atoms with Crippen LogP contribution in [0.25, 0.3) is 0 Å². The fourth-order valence-electron chi connectivity index (χ4n) is 3.86. The van der Waals surface area contributed by atoms with E-state index in [-0.39, 0.29) is 11.4 Å². The van der Waals surface area contributed by atoms with Gasteiger partial charge in [-0.1, -0.05) is 29.8 Å². The van der Waals surface area contributed by atoms with Gasteiger partial charge < -0.3 is 15.0 Å². The van der Waals surface area contributed by atoms with Crippen molar-refractivity contribution in [1.29, 1.82) is 0 Å². The average molecular weight is 375 g/mol. The average Bonchev–Trinajstić information content (AvgIpc) is 2.63. The van der Waals surface area contributed by atoms with Crippen molar-refractivity contribution in [2.45, 2.75) is 31.3 Å². The first-order chi connectivity index (χ1) is 12.7. The smallest absolute Gasteiger partial charge is 0.146 e. The maximum absolute atomic E-state index is 14.6. The predicted octanol–water partition coefficient (Wildman–Crippen LogP) is 4.48. The summed E-state index contributed by atoms with van der Waals surface area (Å²) in [7, 11) is 0. The molecule has 1 aliphatic carbocycles. The van der Waals surface area contributed by atoms with Crippen LogP contribution in [0.15, 0.2) is 42.5 Å². The van der Waals surface area contributed by atoms with Crippen molar-refractivity contribution in [1.82, 2.24) is 5.32 Å². The SMILES string of the molecule is Fc1cc(CNC2(c3ccc(Cl)cc3)CCC2)ccc1N1CCOCC1. The molecule has 0 atom stereocenters. The molecule has 1 aliphatic heterocycles. The Labute approximate surface area is 159 Å². The number of ether oxygens (including phenoxy) is 1. The summed E-state index contributed by atoms with van der Waals surface area (Å²) in [5.41, 5.74) is 2.90. The van der Waals surface area contributed by atoms with E-state index in [2.05, 4.69) is 22.3 Å². The molecular weight excluding hydrogens is 351 g/mol. The minimum Gasteiger partial charge on any atom is -0.378 e. The number of halogens is 2. The number of rotatable bonds is 5. The van der Waals surface area contributed by atoms with Crippen molar-refractivity contribution in [3.63, 3.8) is 0 Å². The largest absolute Gasteiger partial charge is 0.378 e. The molecule has 2 fully saturated rings. The summed E-state index contributed by atoms with van der Waals surface area (Å²) in [6.07, 6.45) is 3.41. The zero-order valence-electron chi connectivity index (χ0n) is 14.8. The molecule has 0 unspecified atom stereocenters. The highest BCUT2D eigenvalue weighted by Crippen LogP contribution is 2.41. The van der Waals surface area contributed by atoms with E-state index in [1.807, 2.05) is 24.3 Å². The van der Waals surface area contributed by atoms with Crippen LogP contribution in [-0.2, 0) is 16.8 Å². The Morgan fingerprint density at radius 1 is 1.08 bits per heavy atom. The predicted molar refractivity (Wildman–Crippen MR) is 103 cm³/mol. The van der Waals surface area contributed by atoms with E-state index >= 15 is 0 Å². The molecule has 26 heavy (non-hydrogen) atoms. The van der Waals surface area contributed by atoms with Gasteiger partial charge in [0.15, 0.2) is 0 Å². The first-order valence-electron chi connectivity index (χ1n) is 9.28. The molecule has 0 aromatic heterocycles. The van der Waals surface area contributed by atoms with E-state index in [9.17, 15) is 4.39 Å². The van der Waals surface area contributed by atoms with Gasteiger partial charge in [0.1, 0.15) is 5.82 Å². The molecule has 0 radical (unpaired) electrons. The van der Waals surface area contributed by atoms with Crippen molar-refractivity contribution < 1.29 is 9.13 Å². The summed E-state index contributed by atoms with van der Waals surface area (Å²) in [5, 5.41) is 4.42. The molecule has 1 N–H and O–H groups in total. The van der Waals surface area contributed by atoms with Crippen molar-refractivity contribution in [2.75, 3.05) is 31.2 Å². The lowest BCUT2D eigenvalue weighted by molar-refractivity contribution is 0.122. The third-order valence-electron chi connectivity index (χ3n) is 5.60. The number of hydrogen-bond donors (Lipinski definition) is 1. The molecule has 2 aromatic carbocycles. The Balaban J connectivity index is 1.45. The number of benzene rings is 2. The number of nitrogens with one attached hydrogen (secondary N) is 1. The van der Waals surface area contributed by atoms with Gasteiger partial charge in [-0.25, -0.2) is 4.39 Å². The van der Waals surface area contributed by atoms with Crippen molar-refractivity contribution in [2.24, 2.45) is 0 Å². The van der Waals surface area contributed by atoms with Gasteiger partial charge in [0.25, 0.3) is 0 Å². The molecule has 0 spiro atoms. The van der Waals surface area contributed by atoms with Crippen LogP contribution >= 0.6 is 11.6 Å². The monoisotopic (exact) mass is 374 g/mol. The van der Waals surface area contributed by atoms with Crippen LogP contribution in [0.1, 0.15) is 30.4 Å². The molecule has 0 bridgehead atoms. The van der Waals surface area contributed by atoms with E-state index in [1.54, 1.807) is 6.07 Å². The van der Waals surface area contributed by atoms with Crippen molar-refractivity contribution in [3.05, 3.63) is 64.4 Å².